The molecule has 0 spiro atoms. The summed E-state index contributed by atoms with van der Waals surface area (Å²) < 4.78 is 5.24. The number of rotatable bonds is 7. The van der Waals surface area contributed by atoms with Crippen molar-refractivity contribution in [3.8, 4) is 0 Å². The Balaban J connectivity index is 1.58. The Labute approximate surface area is 154 Å². The third kappa shape index (κ3) is 5.19. The van der Waals surface area contributed by atoms with Crippen LogP contribution >= 0.6 is 0 Å². The van der Waals surface area contributed by atoms with Crippen LogP contribution in [0.5, 0.6) is 0 Å². The van der Waals surface area contributed by atoms with Crippen LogP contribution in [0, 0.1) is 0 Å². The van der Waals surface area contributed by atoms with E-state index in [4.69, 9.17) is 4.74 Å². The van der Waals surface area contributed by atoms with Gasteiger partial charge in [-0.25, -0.2) is 0 Å². The molecule has 2 aromatic rings. The molecule has 26 heavy (non-hydrogen) atoms. The van der Waals surface area contributed by atoms with Crippen LogP contribution in [0.4, 0.5) is 0 Å². The Morgan fingerprint density at radius 2 is 1.46 bits per heavy atom. The quantitative estimate of drug-likeness (QED) is 0.772. The molecule has 1 aliphatic carbocycles. The summed E-state index contributed by atoms with van der Waals surface area (Å²) in [6.07, 6.45) is 4.55. The van der Waals surface area contributed by atoms with Gasteiger partial charge in [0.15, 0.2) is 6.61 Å². The zero-order chi connectivity index (χ0) is 18.2. The van der Waals surface area contributed by atoms with Crippen LogP contribution < -0.4 is 5.32 Å². The second-order valence-corrected chi connectivity index (χ2v) is 6.79. The summed E-state index contributed by atoms with van der Waals surface area (Å²) in [6, 6.07) is 20.1. The average Bonchev–Trinajstić information content (AvgIpc) is 3.19. The molecule has 1 fully saturated rings. The first-order chi connectivity index (χ1) is 12.7. The number of amides is 1. The van der Waals surface area contributed by atoms with Crippen LogP contribution in [0.3, 0.4) is 0 Å². The first-order valence-corrected chi connectivity index (χ1v) is 9.27. The smallest absolute Gasteiger partial charge is 0.307 e. The van der Waals surface area contributed by atoms with Crippen molar-refractivity contribution >= 4 is 11.9 Å². The molecule has 1 N–H and O–H groups in total. The van der Waals surface area contributed by atoms with Crippen LogP contribution in [-0.4, -0.2) is 24.5 Å². The molecule has 0 radical (unpaired) electrons. The van der Waals surface area contributed by atoms with E-state index in [0.717, 1.165) is 36.8 Å². The van der Waals surface area contributed by atoms with Gasteiger partial charge in [-0.05, 0) is 24.0 Å². The van der Waals surface area contributed by atoms with Gasteiger partial charge in [0.2, 0.25) is 0 Å². The molecular formula is C22H25NO3. The van der Waals surface area contributed by atoms with Gasteiger partial charge in [0.1, 0.15) is 0 Å². The van der Waals surface area contributed by atoms with Gasteiger partial charge in [-0.15, -0.1) is 0 Å². The molecule has 0 aliphatic heterocycles. The van der Waals surface area contributed by atoms with Crippen molar-refractivity contribution < 1.29 is 14.3 Å². The van der Waals surface area contributed by atoms with E-state index in [2.05, 4.69) is 5.32 Å². The third-order valence-corrected chi connectivity index (χ3v) is 4.86. The Morgan fingerprint density at radius 3 is 2.00 bits per heavy atom. The monoisotopic (exact) mass is 351 g/mol. The number of nitrogens with one attached hydrogen (secondary N) is 1. The number of carbonyl (C=O) groups excluding carboxylic acids is 2. The Bertz CT molecular complexity index is 669. The summed E-state index contributed by atoms with van der Waals surface area (Å²) >= 11 is 0. The molecule has 1 saturated carbocycles. The zero-order valence-electron chi connectivity index (χ0n) is 14.9. The molecule has 0 saturated heterocycles. The minimum absolute atomic E-state index is 0.0807. The number of benzene rings is 2. The lowest BCUT2D eigenvalue weighted by Gasteiger charge is -2.18. The highest BCUT2D eigenvalue weighted by Crippen LogP contribution is 2.28. The number of hydrogen-bond donors (Lipinski definition) is 1. The summed E-state index contributed by atoms with van der Waals surface area (Å²) in [5.74, 6) is -0.645. The fourth-order valence-electron chi connectivity index (χ4n) is 3.51. The van der Waals surface area contributed by atoms with E-state index in [1.54, 1.807) is 0 Å². The number of ether oxygens (including phenoxy) is 1. The summed E-state index contributed by atoms with van der Waals surface area (Å²) in [4.78, 5) is 24.3. The van der Waals surface area contributed by atoms with Crippen LogP contribution in [-0.2, 0) is 14.3 Å². The SMILES string of the molecule is O=C(COC(=O)CC(c1ccccc1)c1ccccc1)NC1CCCC1. The van der Waals surface area contributed by atoms with Gasteiger partial charge in [-0.1, -0.05) is 73.5 Å². The maximum atomic E-state index is 12.3. The standard InChI is InChI=1S/C22H25NO3/c24-21(23-19-13-7-8-14-19)16-26-22(25)15-20(17-9-3-1-4-10-17)18-11-5-2-6-12-18/h1-6,9-12,19-20H,7-8,13-16H2,(H,23,24). The second-order valence-electron chi connectivity index (χ2n) is 6.79. The summed E-state index contributed by atoms with van der Waals surface area (Å²) in [5.41, 5.74) is 2.12. The highest BCUT2D eigenvalue weighted by molar-refractivity contribution is 5.81. The van der Waals surface area contributed by atoms with Crippen molar-refractivity contribution in [2.24, 2.45) is 0 Å². The van der Waals surface area contributed by atoms with E-state index in [9.17, 15) is 9.59 Å². The average molecular weight is 351 g/mol. The van der Waals surface area contributed by atoms with Crippen molar-refractivity contribution in [2.75, 3.05) is 6.61 Å². The van der Waals surface area contributed by atoms with E-state index >= 15 is 0 Å². The first kappa shape index (κ1) is 18.2. The lowest BCUT2D eigenvalue weighted by atomic mass is 9.89. The van der Waals surface area contributed by atoms with Crippen molar-refractivity contribution in [1.82, 2.24) is 5.32 Å². The molecular weight excluding hydrogens is 326 g/mol. The predicted molar refractivity (Wildman–Crippen MR) is 101 cm³/mol. The van der Waals surface area contributed by atoms with E-state index in [1.165, 1.54) is 0 Å². The molecule has 1 amide bonds. The normalized spacial score (nSPS) is 14.3. The lowest BCUT2D eigenvalue weighted by Crippen LogP contribution is -2.36. The van der Waals surface area contributed by atoms with E-state index in [0.29, 0.717) is 0 Å². The maximum absolute atomic E-state index is 12.3. The maximum Gasteiger partial charge on any atom is 0.307 e. The summed E-state index contributed by atoms with van der Waals surface area (Å²) in [5, 5.41) is 2.93. The second kappa shape index (κ2) is 9.18. The van der Waals surface area contributed by atoms with Crippen molar-refractivity contribution in [3.63, 3.8) is 0 Å². The van der Waals surface area contributed by atoms with Gasteiger partial charge in [0, 0.05) is 12.0 Å². The molecule has 3 rings (SSSR count). The minimum Gasteiger partial charge on any atom is -0.456 e. The lowest BCUT2D eigenvalue weighted by molar-refractivity contribution is -0.148. The molecule has 0 bridgehead atoms. The van der Waals surface area contributed by atoms with Crippen molar-refractivity contribution in [2.45, 2.75) is 44.1 Å². The molecule has 4 heteroatoms. The van der Waals surface area contributed by atoms with Crippen LogP contribution in [0.1, 0.15) is 49.1 Å². The minimum atomic E-state index is -0.357. The third-order valence-electron chi connectivity index (χ3n) is 4.86. The Kier molecular flexibility index (Phi) is 6.42. The van der Waals surface area contributed by atoms with E-state index in [-0.39, 0.29) is 36.9 Å². The van der Waals surface area contributed by atoms with Crippen LogP contribution in [0.15, 0.2) is 60.7 Å². The number of esters is 1. The summed E-state index contributed by atoms with van der Waals surface area (Å²) in [6.45, 7) is -0.203. The molecule has 0 unspecified atom stereocenters. The molecule has 0 heterocycles. The van der Waals surface area contributed by atoms with E-state index in [1.807, 2.05) is 60.7 Å². The Morgan fingerprint density at radius 1 is 0.923 bits per heavy atom. The van der Waals surface area contributed by atoms with Gasteiger partial charge in [-0.2, -0.15) is 0 Å². The largest absolute Gasteiger partial charge is 0.456 e. The van der Waals surface area contributed by atoms with Gasteiger partial charge in [0.05, 0.1) is 6.42 Å². The molecule has 136 valence electrons. The number of hydrogen-bond acceptors (Lipinski definition) is 3. The molecule has 1 aliphatic rings. The van der Waals surface area contributed by atoms with Gasteiger partial charge in [-0.3, -0.25) is 9.59 Å². The first-order valence-electron chi connectivity index (χ1n) is 9.27. The van der Waals surface area contributed by atoms with E-state index < -0.39 is 0 Å². The van der Waals surface area contributed by atoms with Crippen molar-refractivity contribution in [3.05, 3.63) is 71.8 Å². The summed E-state index contributed by atoms with van der Waals surface area (Å²) in [7, 11) is 0. The van der Waals surface area contributed by atoms with Gasteiger partial charge in [0.25, 0.3) is 5.91 Å². The highest BCUT2D eigenvalue weighted by atomic mass is 16.5. The van der Waals surface area contributed by atoms with Gasteiger partial charge >= 0.3 is 5.97 Å². The topological polar surface area (TPSA) is 55.4 Å². The van der Waals surface area contributed by atoms with Crippen LogP contribution in [0.2, 0.25) is 0 Å². The van der Waals surface area contributed by atoms with Crippen molar-refractivity contribution in [1.29, 1.82) is 0 Å². The zero-order valence-corrected chi connectivity index (χ0v) is 14.9. The fourth-order valence-corrected chi connectivity index (χ4v) is 3.51. The predicted octanol–water partition coefficient (Wildman–Crippen LogP) is 3.81. The molecule has 0 aromatic heterocycles. The Hall–Kier alpha value is -2.62. The molecule has 2 aromatic carbocycles. The molecule has 0 atom stereocenters. The van der Waals surface area contributed by atoms with Gasteiger partial charge < -0.3 is 10.1 Å². The fraction of sp³-hybridized carbons (Fsp3) is 0.364. The van der Waals surface area contributed by atoms with Crippen LogP contribution in [0.25, 0.3) is 0 Å². The highest BCUT2D eigenvalue weighted by Gasteiger charge is 2.21. The molecule has 4 nitrogen and oxygen atoms in total. The number of carbonyl (C=O) groups is 2.